The minimum Gasteiger partial charge on any atom is -0.462 e. The first-order chi connectivity index (χ1) is 11.0. The molecule has 1 aliphatic rings. The van der Waals surface area contributed by atoms with E-state index in [2.05, 4.69) is 5.32 Å². The smallest absolute Gasteiger partial charge is 0.267 e. The number of hydrogen-bond donors (Lipinski definition) is 1. The van der Waals surface area contributed by atoms with Gasteiger partial charge in [-0.3, -0.25) is 9.69 Å². The zero-order chi connectivity index (χ0) is 16.4. The van der Waals surface area contributed by atoms with Gasteiger partial charge in [0.15, 0.2) is 0 Å². The fourth-order valence-corrected chi connectivity index (χ4v) is 3.40. The Morgan fingerprint density at radius 3 is 2.70 bits per heavy atom. The van der Waals surface area contributed by atoms with Crippen molar-refractivity contribution in [1.29, 1.82) is 0 Å². The zero-order valence-corrected chi connectivity index (χ0v) is 14.6. The molecule has 1 amide bonds. The maximum atomic E-state index is 12.4. The van der Waals surface area contributed by atoms with Gasteiger partial charge in [0.2, 0.25) is 0 Å². The number of benzene rings is 1. The van der Waals surface area contributed by atoms with E-state index in [4.69, 9.17) is 28.2 Å². The maximum Gasteiger partial charge on any atom is 0.267 e. The van der Waals surface area contributed by atoms with Crippen LogP contribution in [0, 0.1) is 6.92 Å². The van der Waals surface area contributed by atoms with E-state index in [-0.39, 0.29) is 5.91 Å². The van der Waals surface area contributed by atoms with Crippen LogP contribution in [0.2, 0.25) is 5.02 Å². The lowest BCUT2D eigenvalue weighted by atomic mass is 10.3. The molecular weight excluding hydrogens is 352 g/mol. The molecule has 0 spiro atoms. The van der Waals surface area contributed by atoms with Gasteiger partial charge in [-0.25, -0.2) is 0 Å². The van der Waals surface area contributed by atoms with Crippen molar-refractivity contribution in [3.05, 3.63) is 57.8 Å². The molecule has 1 aromatic carbocycles. The topological polar surface area (TPSA) is 45.5 Å². The third-order valence-electron chi connectivity index (χ3n) is 3.19. The Hall–Kier alpha value is -1.76. The molecule has 1 aromatic heterocycles. The van der Waals surface area contributed by atoms with Crippen molar-refractivity contribution in [3.63, 3.8) is 0 Å². The zero-order valence-electron chi connectivity index (χ0n) is 12.2. The first-order valence-corrected chi connectivity index (χ1v) is 8.44. The van der Waals surface area contributed by atoms with Crippen LogP contribution in [-0.2, 0) is 4.79 Å². The summed E-state index contributed by atoms with van der Waals surface area (Å²) in [7, 11) is 0. The minimum absolute atomic E-state index is 0.129. The van der Waals surface area contributed by atoms with Crippen molar-refractivity contribution in [2.45, 2.75) is 6.92 Å². The first kappa shape index (κ1) is 16.1. The molecule has 4 nitrogen and oxygen atoms in total. The van der Waals surface area contributed by atoms with Crippen molar-refractivity contribution in [2.75, 3.05) is 12.0 Å². The van der Waals surface area contributed by atoms with Crippen LogP contribution in [-0.4, -0.2) is 21.8 Å². The molecular formula is C16H13ClN2O2S2. The summed E-state index contributed by atoms with van der Waals surface area (Å²) in [5.74, 6) is 1.32. The van der Waals surface area contributed by atoms with E-state index >= 15 is 0 Å². The molecule has 0 saturated carbocycles. The highest BCUT2D eigenvalue weighted by Crippen LogP contribution is 2.32. The van der Waals surface area contributed by atoms with Gasteiger partial charge in [0, 0.05) is 16.8 Å². The van der Waals surface area contributed by atoms with Crippen LogP contribution in [0.1, 0.15) is 11.5 Å². The number of thiocarbonyl (C=S) groups is 1. The van der Waals surface area contributed by atoms with Crippen LogP contribution in [0.15, 0.2) is 45.7 Å². The molecule has 2 heterocycles. The lowest BCUT2D eigenvalue weighted by Crippen LogP contribution is -2.33. The standard InChI is InChI=1S/C16H13ClN2O2S2/c1-10-2-7-13(21-10)8-14-15(20)19(16(22)23-14)9-18-12-5-3-11(17)4-6-12/h2-8,18H,9H2,1H3/b14-8-. The largest absolute Gasteiger partial charge is 0.462 e. The summed E-state index contributed by atoms with van der Waals surface area (Å²) in [6.07, 6.45) is 1.72. The number of carbonyl (C=O) groups excluding carboxylic acids is 1. The highest BCUT2D eigenvalue weighted by Gasteiger charge is 2.32. The van der Waals surface area contributed by atoms with E-state index < -0.39 is 0 Å². The van der Waals surface area contributed by atoms with Gasteiger partial charge in [-0.2, -0.15) is 0 Å². The van der Waals surface area contributed by atoms with Crippen molar-refractivity contribution in [1.82, 2.24) is 4.90 Å². The maximum absolute atomic E-state index is 12.4. The predicted octanol–water partition coefficient (Wildman–Crippen LogP) is 4.51. The van der Waals surface area contributed by atoms with Gasteiger partial charge in [-0.15, -0.1) is 0 Å². The van der Waals surface area contributed by atoms with E-state index in [9.17, 15) is 4.79 Å². The van der Waals surface area contributed by atoms with Gasteiger partial charge in [0.05, 0.1) is 11.6 Å². The minimum atomic E-state index is -0.129. The molecule has 23 heavy (non-hydrogen) atoms. The van der Waals surface area contributed by atoms with Gasteiger partial charge >= 0.3 is 0 Å². The Morgan fingerprint density at radius 2 is 2.04 bits per heavy atom. The Bertz CT molecular complexity index is 784. The summed E-state index contributed by atoms with van der Waals surface area (Å²) in [5.41, 5.74) is 0.870. The molecule has 3 rings (SSSR count). The van der Waals surface area contributed by atoms with Crippen molar-refractivity contribution in [2.24, 2.45) is 0 Å². The number of nitrogens with zero attached hydrogens (tertiary/aromatic N) is 1. The molecule has 7 heteroatoms. The summed E-state index contributed by atoms with van der Waals surface area (Å²) in [6.45, 7) is 2.17. The van der Waals surface area contributed by atoms with Crippen molar-refractivity contribution in [3.8, 4) is 0 Å². The third-order valence-corrected chi connectivity index (χ3v) is 4.82. The highest BCUT2D eigenvalue weighted by atomic mass is 35.5. The second-order valence-corrected chi connectivity index (χ2v) is 7.01. The second kappa shape index (κ2) is 6.78. The van der Waals surface area contributed by atoms with Crippen LogP contribution >= 0.6 is 35.6 Å². The van der Waals surface area contributed by atoms with E-state index in [0.29, 0.717) is 26.7 Å². The van der Waals surface area contributed by atoms with Gasteiger partial charge in [-0.1, -0.05) is 35.6 Å². The number of thioether (sulfide) groups is 1. The van der Waals surface area contributed by atoms with E-state index in [1.54, 1.807) is 18.2 Å². The van der Waals surface area contributed by atoms with Gasteiger partial charge in [0.1, 0.15) is 15.8 Å². The number of rotatable bonds is 4. The predicted molar refractivity (Wildman–Crippen MR) is 98.4 cm³/mol. The molecule has 118 valence electrons. The Kier molecular flexibility index (Phi) is 4.75. The number of nitrogens with one attached hydrogen (secondary N) is 1. The monoisotopic (exact) mass is 364 g/mol. The van der Waals surface area contributed by atoms with Crippen LogP contribution in [0.3, 0.4) is 0 Å². The molecule has 0 aliphatic carbocycles. The summed E-state index contributed by atoms with van der Waals surface area (Å²) >= 11 is 12.4. The number of anilines is 1. The molecule has 0 unspecified atom stereocenters. The molecule has 1 saturated heterocycles. The molecule has 1 aliphatic heterocycles. The SMILES string of the molecule is Cc1ccc(/C=C2\SC(=S)N(CNc3ccc(Cl)cc3)C2=O)o1. The van der Waals surface area contributed by atoms with Crippen LogP contribution in [0.25, 0.3) is 6.08 Å². The summed E-state index contributed by atoms with van der Waals surface area (Å²) in [5, 5.41) is 3.82. The van der Waals surface area contributed by atoms with Gasteiger partial charge < -0.3 is 9.73 Å². The Balaban J connectivity index is 1.69. The van der Waals surface area contributed by atoms with Crippen LogP contribution < -0.4 is 5.32 Å². The van der Waals surface area contributed by atoms with Crippen LogP contribution in [0.4, 0.5) is 5.69 Å². The van der Waals surface area contributed by atoms with Gasteiger partial charge in [0.25, 0.3) is 5.91 Å². The summed E-state index contributed by atoms with van der Waals surface area (Å²) in [6, 6.07) is 11.0. The average molecular weight is 365 g/mol. The number of aryl methyl sites for hydroxylation is 1. The average Bonchev–Trinajstić information content (AvgIpc) is 3.04. The highest BCUT2D eigenvalue weighted by molar-refractivity contribution is 8.26. The van der Waals surface area contributed by atoms with Gasteiger partial charge in [-0.05, 0) is 43.3 Å². The molecule has 2 aromatic rings. The molecule has 0 radical (unpaired) electrons. The van der Waals surface area contributed by atoms with E-state index in [1.165, 1.54) is 16.7 Å². The lowest BCUT2D eigenvalue weighted by molar-refractivity contribution is -0.121. The summed E-state index contributed by atoms with van der Waals surface area (Å²) in [4.78, 5) is 14.5. The summed E-state index contributed by atoms with van der Waals surface area (Å²) < 4.78 is 5.99. The number of halogens is 1. The quantitative estimate of drug-likeness (QED) is 0.638. The van der Waals surface area contributed by atoms with E-state index in [0.717, 1.165) is 11.4 Å². The Morgan fingerprint density at radius 1 is 1.30 bits per heavy atom. The first-order valence-electron chi connectivity index (χ1n) is 6.84. The Labute approximate surface area is 148 Å². The van der Waals surface area contributed by atoms with Crippen molar-refractivity contribution < 1.29 is 9.21 Å². The normalized spacial score (nSPS) is 16.4. The molecule has 0 bridgehead atoms. The molecule has 0 atom stereocenters. The molecule has 1 N–H and O–H groups in total. The fourth-order valence-electron chi connectivity index (χ4n) is 2.03. The fraction of sp³-hybridized carbons (Fsp3) is 0.125. The number of carbonyl (C=O) groups is 1. The number of hydrogen-bond acceptors (Lipinski definition) is 5. The number of furan rings is 1. The second-order valence-electron chi connectivity index (χ2n) is 4.90. The third kappa shape index (κ3) is 3.77. The number of amides is 1. The van der Waals surface area contributed by atoms with Crippen LogP contribution in [0.5, 0.6) is 0 Å². The lowest BCUT2D eigenvalue weighted by Gasteiger charge is -2.16. The molecule has 1 fully saturated rings. The van der Waals surface area contributed by atoms with E-state index in [1.807, 2.05) is 31.2 Å². The van der Waals surface area contributed by atoms with Crippen molar-refractivity contribution >= 4 is 57.6 Å².